The number of benzene rings is 2. The number of hydrogen-bond acceptors (Lipinski definition) is 3. The Labute approximate surface area is 158 Å². The molecule has 3 aromatic rings. The highest BCUT2D eigenvalue weighted by molar-refractivity contribution is 5.85. The zero-order valence-corrected chi connectivity index (χ0v) is 15.5. The fourth-order valence-electron chi connectivity index (χ4n) is 4.08. The summed E-state index contributed by atoms with van der Waals surface area (Å²) in [6, 6.07) is 12.4. The van der Waals surface area contributed by atoms with E-state index < -0.39 is 6.10 Å². The summed E-state index contributed by atoms with van der Waals surface area (Å²) >= 11 is 0. The number of ether oxygens (including phenoxy) is 1. The largest absolute Gasteiger partial charge is 0.497 e. The molecular formula is C22H25FN2O2. The van der Waals surface area contributed by atoms with Gasteiger partial charge in [-0.25, -0.2) is 4.39 Å². The molecule has 1 saturated heterocycles. The van der Waals surface area contributed by atoms with Gasteiger partial charge in [0.05, 0.1) is 13.2 Å². The summed E-state index contributed by atoms with van der Waals surface area (Å²) in [5.41, 5.74) is 3.12. The van der Waals surface area contributed by atoms with Crippen molar-refractivity contribution in [2.24, 2.45) is 0 Å². The number of aromatic nitrogens is 1. The number of rotatable bonds is 5. The minimum absolute atomic E-state index is 0.306. The average molecular weight is 368 g/mol. The van der Waals surface area contributed by atoms with Crippen molar-refractivity contribution in [1.82, 2.24) is 9.88 Å². The third kappa shape index (κ3) is 3.84. The normalized spacial score (nSPS) is 17.3. The lowest BCUT2D eigenvalue weighted by Crippen LogP contribution is -2.36. The highest BCUT2D eigenvalue weighted by Gasteiger charge is 2.24. The van der Waals surface area contributed by atoms with Gasteiger partial charge in [-0.05, 0) is 73.3 Å². The van der Waals surface area contributed by atoms with Crippen LogP contribution in [-0.2, 0) is 0 Å². The van der Waals surface area contributed by atoms with E-state index in [4.69, 9.17) is 4.74 Å². The number of aromatic amines is 1. The Morgan fingerprint density at radius 1 is 1.22 bits per heavy atom. The smallest absolute Gasteiger partial charge is 0.123 e. The van der Waals surface area contributed by atoms with Crippen LogP contribution >= 0.6 is 0 Å². The highest BCUT2D eigenvalue weighted by atomic mass is 19.1. The van der Waals surface area contributed by atoms with E-state index in [1.165, 1.54) is 23.1 Å². The quantitative estimate of drug-likeness (QED) is 0.709. The molecule has 0 spiro atoms. The molecule has 2 aromatic carbocycles. The molecule has 5 heteroatoms. The number of nitrogens with zero attached hydrogens (tertiary/aromatic N) is 1. The van der Waals surface area contributed by atoms with Gasteiger partial charge in [-0.15, -0.1) is 0 Å². The first kappa shape index (κ1) is 18.0. The summed E-state index contributed by atoms with van der Waals surface area (Å²) in [5.74, 6) is 1.06. The molecule has 1 aliphatic rings. The molecular weight excluding hydrogens is 343 g/mol. The number of β-amino-alcohol motifs (C(OH)–C–C–N with tert-alkyl or cyclic N) is 1. The van der Waals surface area contributed by atoms with Crippen LogP contribution in [0.3, 0.4) is 0 Å². The Morgan fingerprint density at radius 2 is 2.04 bits per heavy atom. The monoisotopic (exact) mass is 368 g/mol. The number of halogens is 1. The van der Waals surface area contributed by atoms with E-state index in [1.54, 1.807) is 19.2 Å². The molecule has 0 bridgehead atoms. The molecule has 4 nitrogen and oxygen atoms in total. The van der Waals surface area contributed by atoms with Crippen molar-refractivity contribution in [3.8, 4) is 5.75 Å². The van der Waals surface area contributed by atoms with Gasteiger partial charge < -0.3 is 19.7 Å². The Bertz CT molecular complexity index is 916. The first-order valence-corrected chi connectivity index (χ1v) is 9.45. The van der Waals surface area contributed by atoms with E-state index in [2.05, 4.69) is 28.2 Å². The maximum atomic E-state index is 13.4. The Morgan fingerprint density at radius 3 is 2.78 bits per heavy atom. The van der Waals surface area contributed by atoms with Crippen LogP contribution in [-0.4, -0.2) is 41.7 Å². The molecule has 1 aromatic heterocycles. The molecule has 4 rings (SSSR count). The van der Waals surface area contributed by atoms with Gasteiger partial charge in [0.25, 0.3) is 0 Å². The van der Waals surface area contributed by atoms with E-state index in [-0.39, 0.29) is 5.82 Å². The van der Waals surface area contributed by atoms with E-state index in [1.807, 2.05) is 6.07 Å². The van der Waals surface area contributed by atoms with E-state index in [9.17, 15) is 9.50 Å². The van der Waals surface area contributed by atoms with Gasteiger partial charge in [-0.3, -0.25) is 0 Å². The molecule has 1 atom stereocenters. The summed E-state index contributed by atoms with van der Waals surface area (Å²) in [5, 5.41) is 11.6. The van der Waals surface area contributed by atoms with Gasteiger partial charge in [0.15, 0.2) is 0 Å². The van der Waals surface area contributed by atoms with Crippen molar-refractivity contribution < 1.29 is 14.2 Å². The molecule has 0 saturated carbocycles. The second-order valence-electron chi connectivity index (χ2n) is 7.30. The summed E-state index contributed by atoms with van der Waals surface area (Å²) in [6.45, 7) is 2.39. The molecule has 142 valence electrons. The first-order valence-electron chi connectivity index (χ1n) is 9.45. The van der Waals surface area contributed by atoms with Crippen LogP contribution in [0.4, 0.5) is 4.39 Å². The Kier molecular flexibility index (Phi) is 5.14. The van der Waals surface area contributed by atoms with Crippen LogP contribution in [0.1, 0.15) is 36.0 Å². The molecule has 1 unspecified atom stereocenters. The van der Waals surface area contributed by atoms with Crippen molar-refractivity contribution >= 4 is 10.9 Å². The fraction of sp³-hybridized carbons (Fsp3) is 0.364. The van der Waals surface area contributed by atoms with Gasteiger partial charge in [0.1, 0.15) is 11.6 Å². The second-order valence-corrected chi connectivity index (χ2v) is 7.30. The van der Waals surface area contributed by atoms with Gasteiger partial charge >= 0.3 is 0 Å². The predicted molar refractivity (Wildman–Crippen MR) is 105 cm³/mol. The summed E-state index contributed by atoms with van der Waals surface area (Å²) < 4.78 is 18.7. The molecule has 27 heavy (non-hydrogen) atoms. The molecule has 0 radical (unpaired) electrons. The minimum Gasteiger partial charge on any atom is -0.497 e. The number of methoxy groups -OCH3 is 1. The van der Waals surface area contributed by atoms with Gasteiger partial charge in [0.2, 0.25) is 0 Å². The van der Waals surface area contributed by atoms with Crippen molar-refractivity contribution in [3.63, 3.8) is 0 Å². The lowest BCUT2D eigenvalue weighted by molar-refractivity contribution is 0.0971. The zero-order valence-electron chi connectivity index (χ0n) is 15.5. The lowest BCUT2D eigenvalue weighted by atomic mass is 9.89. The van der Waals surface area contributed by atoms with Crippen molar-refractivity contribution in [2.75, 3.05) is 26.7 Å². The third-order valence-corrected chi connectivity index (χ3v) is 5.61. The number of likely N-dealkylation sites (tertiary alicyclic amines) is 1. The first-order chi connectivity index (χ1) is 13.1. The number of hydrogen-bond donors (Lipinski definition) is 2. The number of nitrogens with one attached hydrogen (secondary N) is 1. The minimum atomic E-state index is -0.658. The molecule has 2 heterocycles. The van der Waals surface area contributed by atoms with Crippen LogP contribution in [0, 0.1) is 5.82 Å². The highest BCUT2D eigenvalue weighted by Crippen LogP contribution is 2.35. The molecule has 1 aliphatic heterocycles. The van der Waals surface area contributed by atoms with Gasteiger partial charge in [-0.2, -0.15) is 0 Å². The topological polar surface area (TPSA) is 48.5 Å². The second kappa shape index (κ2) is 7.71. The van der Waals surface area contributed by atoms with Gasteiger partial charge in [-0.1, -0.05) is 12.1 Å². The number of H-pyrrole nitrogens is 1. The maximum absolute atomic E-state index is 13.4. The van der Waals surface area contributed by atoms with E-state index in [0.717, 1.165) is 37.2 Å². The Hall–Kier alpha value is -2.37. The number of aliphatic hydroxyl groups excluding tert-OH is 1. The fourth-order valence-corrected chi connectivity index (χ4v) is 4.08. The van der Waals surface area contributed by atoms with E-state index >= 15 is 0 Å². The summed E-state index contributed by atoms with van der Waals surface area (Å²) in [4.78, 5) is 5.63. The molecule has 0 amide bonds. The van der Waals surface area contributed by atoms with Gasteiger partial charge in [0, 0.05) is 23.6 Å². The average Bonchev–Trinajstić information content (AvgIpc) is 3.11. The van der Waals surface area contributed by atoms with Crippen molar-refractivity contribution in [1.29, 1.82) is 0 Å². The Balaban J connectivity index is 1.40. The summed E-state index contributed by atoms with van der Waals surface area (Å²) in [6.07, 6.45) is 3.54. The van der Waals surface area contributed by atoms with Crippen LogP contribution in [0.5, 0.6) is 5.75 Å². The zero-order chi connectivity index (χ0) is 18.8. The van der Waals surface area contributed by atoms with Crippen LogP contribution in [0.2, 0.25) is 0 Å². The summed E-state index contributed by atoms with van der Waals surface area (Å²) in [7, 11) is 1.69. The molecule has 1 fully saturated rings. The van der Waals surface area contributed by atoms with Crippen molar-refractivity contribution in [3.05, 3.63) is 65.6 Å². The predicted octanol–water partition coefficient (Wildman–Crippen LogP) is 4.23. The number of piperidine rings is 1. The molecule has 0 aliphatic carbocycles. The lowest BCUT2D eigenvalue weighted by Gasteiger charge is -2.33. The van der Waals surface area contributed by atoms with Crippen molar-refractivity contribution in [2.45, 2.75) is 24.9 Å². The van der Waals surface area contributed by atoms with Crippen LogP contribution in [0.25, 0.3) is 10.9 Å². The standard InChI is InChI=1S/C22H25FN2O2/c1-27-18-5-6-21-19(12-18)20(13-24-21)15-7-9-25(10-8-15)14-22(26)16-3-2-4-17(23)11-16/h2-6,11-13,15,22,24,26H,7-10,14H2,1H3. The molecule has 2 N–H and O–H groups in total. The van der Waals surface area contributed by atoms with E-state index in [0.29, 0.717) is 18.0 Å². The SMILES string of the molecule is COc1ccc2[nH]cc(C3CCN(CC(O)c4cccc(F)c4)CC3)c2c1. The van der Waals surface area contributed by atoms with Crippen LogP contribution < -0.4 is 4.74 Å². The third-order valence-electron chi connectivity index (χ3n) is 5.61. The number of fused-ring (bicyclic) bond motifs is 1. The maximum Gasteiger partial charge on any atom is 0.123 e. The van der Waals surface area contributed by atoms with Crippen LogP contribution in [0.15, 0.2) is 48.7 Å². The number of aliphatic hydroxyl groups is 1.